The first kappa shape index (κ1) is 25.1. The van der Waals surface area contributed by atoms with Crippen molar-refractivity contribution < 1.29 is 23.4 Å². The molecule has 9 heteroatoms. The first-order valence-electron chi connectivity index (χ1n) is 10.4. The number of ether oxygens (including phenoxy) is 1. The number of anilines is 1. The number of halogens is 2. The number of guanidine groups is 1. The molecule has 1 unspecified atom stereocenters. The monoisotopic (exact) mass is 448 g/mol. The Balaban J connectivity index is 1.91. The number of rotatable bonds is 10. The number of aliphatic hydroxyl groups excluding tert-OH is 1. The minimum absolute atomic E-state index is 0.0357. The van der Waals surface area contributed by atoms with E-state index in [1.54, 1.807) is 0 Å². The number of nitrogens with one attached hydrogen (secondary N) is 3. The predicted octanol–water partition coefficient (Wildman–Crippen LogP) is 3.67. The molecule has 0 fully saturated rings. The lowest BCUT2D eigenvalue weighted by molar-refractivity contribution is -0.118. The van der Waals surface area contributed by atoms with E-state index in [0.717, 1.165) is 11.3 Å². The van der Waals surface area contributed by atoms with Crippen molar-refractivity contribution in [3.8, 4) is 5.75 Å². The first-order chi connectivity index (χ1) is 15.3. The molecule has 0 aliphatic heterocycles. The molecule has 0 aliphatic rings. The molecule has 0 saturated carbocycles. The van der Waals surface area contributed by atoms with Crippen LogP contribution >= 0.6 is 0 Å². The van der Waals surface area contributed by atoms with Crippen LogP contribution in [0, 0.1) is 5.92 Å². The maximum atomic E-state index is 12.2. The van der Waals surface area contributed by atoms with Gasteiger partial charge in [0.1, 0.15) is 5.75 Å². The number of aliphatic hydroxyl groups is 1. The van der Waals surface area contributed by atoms with E-state index < -0.39 is 12.7 Å². The van der Waals surface area contributed by atoms with Crippen molar-refractivity contribution in [1.82, 2.24) is 10.6 Å². The van der Waals surface area contributed by atoms with Gasteiger partial charge in [0.15, 0.2) is 5.96 Å². The molecule has 0 saturated heterocycles. The number of benzene rings is 2. The number of carbonyl (C=O) groups excluding carboxylic acids is 1. The Bertz CT molecular complexity index is 872. The number of hydrogen-bond donors (Lipinski definition) is 4. The first-order valence-corrected chi connectivity index (χ1v) is 10.4. The van der Waals surface area contributed by atoms with Crippen LogP contribution in [0.15, 0.2) is 53.5 Å². The maximum absolute atomic E-state index is 12.2. The summed E-state index contributed by atoms with van der Waals surface area (Å²) in [4.78, 5) is 16.3. The summed E-state index contributed by atoms with van der Waals surface area (Å²) < 4.78 is 28.8. The largest absolute Gasteiger partial charge is 0.435 e. The van der Waals surface area contributed by atoms with Crippen molar-refractivity contribution >= 4 is 17.6 Å². The SMILES string of the molecule is CCNC(=NCc1ccc(NC(=O)C(C)C)cc1)NCC(O)c1ccc(OC(F)F)cc1. The summed E-state index contributed by atoms with van der Waals surface area (Å²) in [5, 5.41) is 19.4. The van der Waals surface area contributed by atoms with Crippen molar-refractivity contribution in [2.45, 2.75) is 40.0 Å². The van der Waals surface area contributed by atoms with Crippen molar-refractivity contribution in [2.24, 2.45) is 10.9 Å². The van der Waals surface area contributed by atoms with Crippen molar-refractivity contribution in [3.05, 3.63) is 59.7 Å². The third-order valence-electron chi connectivity index (χ3n) is 4.46. The Morgan fingerprint density at radius 1 is 1.06 bits per heavy atom. The molecule has 1 atom stereocenters. The second-order valence-corrected chi connectivity index (χ2v) is 7.38. The zero-order chi connectivity index (χ0) is 23.5. The van der Waals surface area contributed by atoms with Crippen LogP contribution in [-0.4, -0.2) is 36.7 Å². The summed E-state index contributed by atoms with van der Waals surface area (Å²) in [6.45, 7) is 3.94. The Kier molecular flexibility index (Phi) is 9.87. The summed E-state index contributed by atoms with van der Waals surface area (Å²) in [7, 11) is 0. The molecule has 0 radical (unpaired) electrons. The van der Waals surface area contributed by atoms with E-state index in [1.165, 1.54) is 24.3 Å². The molecular formula is C23H30F2N4O3. The summed E-state index contributed by atoms with van der Waals surface area (Å²) in [6.07, 6.45) is -0.858. The highest BCUT2D eigenvalue weighted by Gasteiger charge is 2.11. The topological polar surface area (TPSA) is 95.0 Å². The van der Waals surface area contributed by atoms with E-state index in [0.29, 0.717) is 24.6 Å². The molecule has 2 rings (SSSR count). The number of aliphatic imine (C=N–C) groups is 1. The molecule has 2 aromatic carbocycles. The Morgan fingerprint density at radius 2 is 1.72 bits per heavy atom. The minimum Gasteiger partial charge on any atom is -0.435 e. The van der Waals surface area contributed by atoms with Gasteiger partial charge in [0.25, 0.3) is 0 Å². The van der Waals surface area contributed by atoms with Gasteiger partial charge < -0.3 is 25.8 Å². The van der Waals surface area contributed by atoms with Crippen LogP contribution in [0.1, 0.15) is 38.0 Å². The standard InChI is InChI=1S/C23H30F2N4O3/c1-4-26-23(27-13-16-5-9-18(10-6-16)29-21(31)15(2)3)28-14-20(30)17-7-11-19(12-8-17)32-22(24)25/h5-12,15,20,22,30H,4,13-14H2,1-3H3,(H,29,31)(H2,26,27,28). The molecule has 0 aliphatic carbocycles. The number of hydrogen-bond acceptors (Lipinski definition) is 4. The van der Waals surface area contributed by atoms with Crippen LogP contribution < -0.4 is 20.7 Å². The van der Waals surface area contributed by atoms with E-state index in [4.69, 9.17) is 0 Å². The Morgan fingerprint density at radius 3 is 2.28 bits per heavy atom. The molecule has 2 aromatic rings. The van der Waals surface area contributed by atoms with Crippen molar-refractivity contribution in [3.63, 3.8) is 0 Å². The number of carbonyl (C=O) groups is 1. The Hall–Kier alpha value is -3.20. The van der Waals surface area contributed by atoms with Gasteiger partial charge in [-0.15, -0.1) is 0 Å². The summed E-state index contributed by atoms with van der Waals surface area (Å²) in [6, 6.07) is 13.3. The van der Waals surface area contributed by atoms with Gasteiger partial charge in [0.05, 0.1) is 12.6 Å². The number of alkyl halides is 2. The normalized spacial score (nSPS) is 12.6. The average molecular weight is 449 g/mol. The van der Waals surface area contributed by atoms with E-state index in [-0.39, 0.29) is 24.1 Å². The zero-order valence-corrected chi connectivity index (χ0v) is 18.4. The van der Waals surface area contributed by atoms with Crippen LogP contribution in [-0.2, 0) is 11.3 Å². The third kappa shape index (κ3) is 8.50. The minimum atomic E-state index is -2.89. The highest BCUT2D eigenvalue weighted by molar-refractivity contribution is 5.92. The fourth-order valence-electron chi connectivity index (χ4n) is 2.67. The molecule has 0 bridgehead atoms. The van der Waals surface area contributed by atoms with Crippen molar-refractivity contribution in [1.29, 1.82) is 0 Å². The van der Waals surface area contributed by atoms with Crippen molar-refractivity contribution in [2.75, 3.05) is 18.4 Å². The number of nitrogens with zero attached hydrogens (tertiary/aromatic N) is 1. The second kappa shape index (κ2) is 12.6. The van der Waals surface area contributed by atoms with Crippen LogP contribution in [0.25, 0.3) is 0 Å². The second-order valence-electron chi connectivity index (χ2n) is 7.38. The number of amides is 1. The van der Waals surface area contributed by atoms with E-state index in [2.05, 4.69) is 25.7 Å². The maximum Gasteiger partial charge on any atom is 0.387 e. The molecule has 0 spiro atoms. The predicted molar refractivity (Wildman–Crippen MR) is 121 cm³/mol. The van der Waals surface area contributed by atoms with Crippen LogP contribution in [0.2, 0.25) is 0 Å². The summed E-state index contributed by atoms with van der Waals surface area (Å²) in [5.74, 6) is 0.437. The van der Waals surface area contributed by atoms with Gasteiger partial charge >= 0.3 is 6.61 Å². The van der Waals surface area contributed by atoms with Gasteiger partial charge in [-0.2, -0.15) is 8.78 Å². The summed E-state index contributed by atoms with van der Waals surface area (Å²) in [5.41, 5.74) is 2.25. The highest BCUT2D eigenvalue weighted by atomic mass is 19.3. The molecule has 7 nitrogen and oxygen atoms in total. The summed E-state index contributed by atoms with van der Waals surface area (Å²) >= 11 is 0. The van der Waals surface area contributed by atoms with Gasteiger partial charge in [0.2, 0.25) is 5.91 Å². The third-order valence-corrected chi connectivity index (χ3v) is 4.46. The van der Waals surface area contributed by atoms with E-state index in [9.17, 15) is 18.7 Å². The van der Waals surface area contributed by atoms with Crippen LogP contribution in [0.5, 0.6) is 5.75 Å². The lowest BCUT2D eigenvalue weighted by Crippen LogP contribution is -2.39. The molecule has 4 N–H and O–H groups in total. The molecule has 174 valence electrons. The lowest BCUT2D eigenvalue weighted by atomic mass is 10.1. The van der Waals surface area contributed by atoms with Gasteiger partial charge in [-0.1, -0.05) is 38.1 Å². The van der Waals surface area contributed by atoms with Gasteiger partial charge in [-0.25, -0.2) is 4.99 Å². The van der Waals surface area contributed by atoms with Crippen LogP contribution in [0.3, 0.4) is 0 Å². The molecule has 1 amide bonds. The molecule has 0 heterocycles. The fourth-order valence-corrected chi connectivity index (χ4v) is 2.67. The molecule has 32 heavy (non-hydrogen) atoms. The Labute approximate surface area is 186 Å². The van der Waals surface area contributed by atoms with E-state index >= 15 is 0 Å². The average Bonchev–Trinajstić information content (AvgIpc) is 2.76. The van der Waals surface area contributed by atoms with Gasteiger partial charge in [0, 0.05) is 24.7 Å². The molecule has 0 aromatic heterocycles. The highest BCUT2D eigenvalue weighted by Crippen LogP contribution is 2.19. The lowest BCUT2D eigenvalue weighted by Gasteiger charge is -2.16. The zero-order valence-electron chi connectivity index (χ0n) is 18.4. The van der Waals surface area contributed by atoms with E-state index in [1.807, 2.05) is 45.0 Å². The smallest absolute Gasteiger partial charge is 0.387 e. The van der Waals surface area contributed by atoms with Gasteiger partial charge in [-0.05, 0) is 42.3 Å². The quantitative estimate of drug-likeness (QED) is 0.329. The van der Waals surface area contributed by atoms with Crippen LogP contribution in [0.4, 0.5) is 14.5 Å². The fraction of sp³-hybridized carbons (Fsp3) is 0.391. The molecular weight excluding hydrogens is 418 g/mol. The van der Waals surface area contributed by atoms with Gasteiger partial charge in [-0.3, -0.25) is 4.79 Å².